The summed E-state index contributed by atoms with van der Waals surface area (Å²) in [7, 11) is 1.48. The predicted octanol–water partition coefficient (Wildman–Crippen LogP) is 3.55. The number of thiazole rings is 1. The SMILES string of the molecule is COCC(=O)N1[C@@H]2CCC[C@H](C)[C@H](O)[C@@H](C)C(=O)C(C)(C)[C@@H](O)CC(=O)O[C@H](/C(C)=C/c3csc(C)n3)C[C@@H]21. The van der Waals surface area contributed by atoms with Gasteiger partial charge in [-0.2, -0.15) is 0 Å². The van der Waals surface area contributed by atoms with E-state index >= 15 is 0 Å². The van der Waals surface area contributed by atoms with Crippen LogP contribution in [0.5, 0.6) is 0 Å². The maximum atomic E-state index is 13.3. The number of nitrogens with zero attached hydrogens (tertiary/aromatic N) is 2. The molecule has 0 aliphatic carbocycles. The maximum absolute atomic E-state index is 13.3. The van der Waals surface area contributed by atoms with E-state index in [1.54, 1.807) is 25.7 Å². The Morgan fingerprint density at radius 1 is 1.26 bits per heavy atom. The fourth-order valence-corrected chi connectivity index (χ4v) is 6.23. The smallest absolute Gasteiger partial charge is 0.309 e. The van der Waals surface area contributed by atoms with E-state index in [2.05, 4.69) is 4.98 Å². The number of aliphatic hydroxyl groups excluding tert-OH is 2. The lowest BCUT2D eigenvalue weighted by Gasteiger charge is -2.34. The second-order valence-corrected chi connectivity index (χ2v) is 12.8. The predicted molar refractivity (Wildman–Crippen MR) is 149 cm³/mol. The highest BCUT2D eigenvalue weighted by Gasteiger charge is 2.51. The molecular weight excluding hydrogens is 520 g/mol. The Bertz CT molecular complexity index is 1070. The topological polar surface area (TPSA) is 126 Å². The first-order valence-electron chi connectivity index (χ1n) is 13.8. The van der Waals surface area contributed by atoms with Gasteiger partial charge in [-0.25, -0.2) is 4.98 Å². The second kappa shape index (κ2) is 13.0. The standard InChI is InChI=1S/C29H44N2O7S/c1-16-9-8-10-21-22(31(21)25(33)14-37-7)12-23(17(2)11-20-15-39-19(4)30-20)38-26(34)13-24(32)29(5,6)28(36)18(3)27(16)35/h11,15-16,18,21-24,27,32,35H,8-10,12-14H2,1-7H3/b17-11+/t16-,18+,21+,22-,23-,24-,27-,31?/m0/s1. The van der Waals surface area contributed by atoms with E-state index in [1.807, 2.05) is 32.2 Å². The summed E-state index contributed by atoms with van der Waals surface area (Å²) >= 11 is 1.53. The van der Waals surface area contributed by atoms with E-state index in [1.165, 1.54) is 18.4 Å². The van der Waals surface area contributed by atoms with Crippen molar-refractivity contribution in [2.24, 2.45) is 17.3 Å². The molecule has 1 aromatic rings. The van der Waals surface area contributed by atoms with Gasteiger partial charge in [0, 0.05) is 24.8 Å². The molecule has 218 valence electrons. The molecule has 0 bridgehead atoms. The van der Waals surface area contributed by atoms with Crippen LogP contribution in [0.3, 0.4) is 0 Å². The van der Waals surface area contributed by atoms with Gasteiger partial charge < -0.3 is 24.6 Å². The number of aliphatic hydroxyl groups is 2. The highest BCUT2D eigenvalue weighted by molar-refractivity contribution is 7.09. The molecule has 0 saturated carbocycles. The summed E-state index contributed by atoms with van der Waals surface area (Å²) in [5, 5.41) is 24.7. The van der Waals surface area contributed by atoms with Crippen molar-refractivity contribution in [1.82, 2.24) is 9.88 Å². The Hall–Kier alpha value is -2.14. The number of amides is 1. The Balaban J connectivity index is 1.92. The van der Waals surface area contributed by atoms with Crippen LogP contribution in [-0.2, 0) is 23.9 Å². The molecule has 0 aromatic carbocycles. The number of esters is 1. The second-order valence-electron chi connectivity index (χ2n) is 11.8. The van der Waals surface area contributed by atoms with Crippen molar-refractivity contribution in [3.05, 3.63) is 21.7 Å². The van der Waals surface area contributed by atoms with E-state index in [-0.39, 0.29) is 42.7 Å². The first kappa shape index (κ1) is 31.4. The van der Waals surface area contributed by atoms with Crippen LogP contribution in [0, 0.1) is 24.2 Å². The lowest BCUT2D eigenvalue weighted by atomic mass is 9.73. The van der Waals surface area contributed by atoms with Crippen LogP contribution in [-0.4, -0.2) is 81.9 Å². The third kappa shape index (κ3) is 7.54. The van der Waals surface area contributed by atoms with Crippen LogP contribution in [0.4, 0.5) is 0 Å². The number of rotatable bonds is 4. The number of carbonyl (C=O) groups is 3. The highest BCUT2D eigenvalue weighted by Crippen LogP contribution is 2.39. The first-order chi connectivity index (χ1) is 18.3. The first-order valence-corrected chi connectivity index (χ1v) is 14.7. The molecule has 9 nitrogen and oxygen atoms in total. The number of ether oxygens (including phenoxy) is 2. The zero-order valence-electron chi connectivity index (χ0n) is 24.2. The van der Waals surface area contributed by atoms with Crippen LogP contribution in [0.15, 0.2) is 11.0 Å². The zero-order chi connectivity index (χ0) is 29.1. The van der Waals surface area contributed by atoms with Crippen LogP contribution < -0.4 is 0 Å². The largest absolute Gasteiger partial charge is 0.458 e. The molecule has 1 amide bonds. The number of cyclic esters (lactones) is 1. The van der Waals surface area contributed by atoms with Gasteiger partial charge in [0.05, 0.1) is 46.8 Å². The fourth-order valence-electron chi connectivity index (χ4n) is 5.66. The van der Waals surface area contributed by atoms with Crippen molar-refractivity contribution in [1.29, 1.82) is 0 Å². The quantitative estimate of drug-likeness (QED) is 0.420. The van der Waals surface area contributed by atoms with E-state index in [0.29, 0.717) is 12.8 Å². The fraction of sp³-hybridized carbons (Fsp3) is 0.724. The normalized spacial score (nSPS) is 32.9. The van der Waals surface area contributed by atoms with Gasteiger partial charge in [0.25, 0.3) is 0 Å². The van der Waals surface area contributed by atoms with Crippen LogP contribution in [0.1, 0.15) is 77.4 Å². The van der Waals surface area contributed by atoms with Gasteiger partial charge in [0.1, 0.15) is 18.5 Å². The summed E-state index contributed by atoms with van der Waals surface area (Å²) in [6.45, 7) is 10.6. The van der Waals surface area contributed by atoms with Crippen molar-refractivity contribution < 1.29 is 34.1 Å². The number of methoxy groups -OCH3 is 1. The van der Waals surface area contributed by atoms with E-state index in [0.717, 1.165) is 29.1 Å². The van der Waals surface area contributed by atoms with Crippen molar-refractivity contribution >= 4 is 35.1 Å². The lowest BCUT2D eigenvalue weighted by molar-refractivity contribution is -0.154. The van der Waals surface area contributed by atoms with Crippen LogP contribution in [0.25, 0.3) is 6.08 Å². The summed E-state index contributed by atoms with van der Waals surface area (Å²) in [6, 6.07) is -0.148. The Kier molecular flexibility index (Phi) is 10.5. The third-order valence-corrected chi connectivity index (χ3v) is 9.16. The molecule has 2 N–H and O–H groups in total. The molecule has 7 atom stereocenters. The molecule has 0 unspecified atom stereocenters. The Labute approximate surface area is 235 Å². The molecule has 3 heterocycles. The molecule has 2 fully saturated rings. The van der Waals surface area contributed by atoms with Crippen LogP contribution in [0.2, 0.25) is 0 Å². The van der Waals surface area contributed by atoms with E-state index in [9.17, 15) is 24.6 Å². The van der Waals surface area contributed by atoms with Crippen molar-refractivity contribution in [2.45, 2.75) is 104 Å². The number of carbonyl (C=O) groups excluding carboxylic acids is 3. The van der Waals surface area contributed by atoms with Gasteiger partial charge in [0.2, 0.25) is 5.91 Å². The van der Waals surface area contributed by atoms with E-state index in [4.69, 9.17) is 9.47 Å². The summed E-state index contributed by atoms with van der Waals surface area (Å²) < 4.78 is 11.0. The molecule has 0 radical (unpaired) electrons. The number of Topliss-reactive ketones (excluding diaryl/α,β-unsaturated/α-hetero) is 1. The van der Waals surface area contributed by atoms with Gasteiger partial charge in [-0.3, -0.25) is 14.4 Å². The van der Waals surface area contributed by atoms with E-state index < -0.39 is 35.6 Å². The van der Waals surface area contributed by atoms with Gasteiger partial charge in [-0.15, -0.1) is 11.3 Å². The average molecular weight is 565 g/mol. The monoisotopic (exact) mass is 564 g/mol. The Morgan fingerprint density at radius 3 is 2.56 bits per heavy atom. The highest BCUT2D eigenvalue weighted by atomic mass is 32.1. The van der Waals surface area contributed by atoms with Crippen molar-refractivity contribution in [2.75, 3.05) is 13.7 Å². The molecule has 1 aromatic heterocycles. The number of aryl methyl sites for hydroxylation is 1. The number of aromatic nitrogens is 1. The van der Waals surface area contributed by atoms with Gasteiger partial charge in [-0.05, 0) is 44.3 Å². The van der Waals surface area contributed by atoms with Crippen molar-refractivity contribution in [3.8, 4) is 0 Å². The molecule has 10 heteroatoms. The third-order valence-electron chi connectivity index (χ3n) is 8.37. The van der Waals surface area contributed by atoms with Gasteiger partial charge in [0.15, 0.2) is 0 Å². The maximum Gasteiger partial charge on any atom is 0.309 e. The molecule has 2 aliphatic heterocycles. The molecule has 0 spiro atoms. The summed E-state index contributed by atoms with van der Waals surface area (Å²) in [5.41, 5.74) is 0.306. The number of hydrogen-bond donors (Lipinski definition) is 2. The minimum absolute atomic E-state index is 0.0241. The number of hydrogen-bond acceptors (Lipinski definition) is 9. The van der Waals surface area contributed by atoms with Gasteiger partial charge in [-0.1, -0.05) is 34.1 Å². The zero-order valence-corrected chi connectivity index (χ0v) is 25.0. The summed E-state index contributed by atoms with van der Waals surface area (Å²) in [5.74, 6) is -1.89. The number of fused-ring (bicyclic) bond motifs is 1. The number of ketones is 1. The Morgan fingerprint density at radius 2 is 1.95 bits per heavy atom. The summed E-state index contributed by atoms with van der Waals surface area (Å²) in [4.78, 5) is 45.5. The minimum atomic E-state index is -1.28. The average Bonchev–Trinajstić information content (AvgIpc) is 3.39. The summed E-state index contributed by atoms with van der Waals surface area (Å²) in [6.07, 6.45) is 1.32. The van der Waals surface area contributed by atoms with Crippen LogP contribution >= 0.6 is 11.3 Å². The molecule has 2 aliphatic rings. The lowest BCUT2D eigenvalue weighted by Crippen LogP contribution is -2.45. The molecule has 2 saturated heterocycles. The van der Waals surface area contributed by atoms with Gasteiger partial charge >= 0.3 is 5.97 Å². The molecule has 3 rings (SSSR count). The van der Waals surface area contributed by atoms with Crippen molar-refractivity contribution in [3.63, 3.8) is 0 Å². The molecule has 39 heavy (non-hydrogen) atoms. The minimum Gasteiger partial charge on any atom is -0.458 e. The molecular formula is C29H44N2O7S.